The van der Waals surface area contributed by atoms with E-state index in [0.29, 0.717) is 28.5 Å². The standard InChI is InChI=1S/C23H25F3N4O4S/c1-11-16(20-29-13-6-4-5-7-15(13)35-20)19(30-21(27-11)32-10-23(24,25)26)28-14-8-12(9-31)17-18(14)34-22(2,3)33-17/h4-7,12,14,17-18,31H,8-10H2,1-3H3,(H,27,28,30)/t12-,14-,17-,18+/m1/s1. The summed E-state index contributed by atoms with van der Waals surface area (Å²) in [7, 11) is 0. The van der Waals surface area contributed by atoms with E-state index in [1.54, 1.807) is 20.8 Å². The Morgan fingerprint density at radius 1 is 1.17 bits per heavy atom. The molecule has 12 heteroatoms. The molecule has 1 aliphatic heterocycles. The van der Waals surface area contributed by atoms with Gasteiger partial charge in [0.2, 0.25) is 0 Å². The number of hydrogen-bond acceptors (Lipinski definition) is 9. The predicted octanol–water partition coefficient (Wildman–Crippen LogP) is 4.32. The number of aryl methyl sites for hydroxylation is 1. The Labute approximate surface area is 203 Å². The number of nitrogens with one attached hydrogen (secondary N) is 1. The van der Waals surface area contributed by atoms with Gasteiger partial charge in [-0.3, -0.25) is 0 Å². The molecule has 0 radical (unpaired) electrons. The number of halogens is 3. The normalized spacial score (nSPS) is 25.7. The number of ether oxygens (including phenoxy) is 3. The zero-order valence-electron chi connectivity index (χ0n) is 19.3. The Morgan fingerprint density at radius 3 is 2.63 bits per heavy atom. The van der Waals surface area contributed by atoms with Crippen molar-refractivity contribution >= 4 is 27.4 Å². The molecule has 8 nitrogen and oxygen atoms in total. The summed E-state index contributed by atoms with van der Waals surface area (Å²) in [5.41, 5.74) is 1.80. The Balaban J connectivity index is 1.53. The molecule has 3 heterocycles. The maximum absolute atomic E-state index is 12.8. The van der Waals surface area contributed by atoms with Gasteiger partial charge in [0, 0.05) is 12.5 Å². The summed E-state index contributed by atoms with van der Waals surface area (Å²) in [4.78, 5) is 13.2. The number of hydrogen-bond donors (Lipinski definition) is 2. The van der Waals surface area contributed by atoms with Crippen molar-refractivity contribution in [3.63, 3.8) is 0 Å². The lowest BCUT2D eigenvalue weighted by molar-refractivity contribution is -0.158. The maximum atomic E-state index is 12.8. The molecular weight excluding hydrogens is 485 g/mol. The van der Waals surface area contributed by atoms with E-state index >= 15 is 0 Å². The highest BCUT2D eigenvalue weighted by molar-refractivity contribution is 7.21. The second-order valence-corrected chi connectivity index (χ2v) is 10.2. The van der Waals surface area contributed by atoms with E-state index in [0.717, 1.165) is 10.2 Å². The molecule has 3 aromatic rings. The van der Waals surface area contributed by atoms with E-state index in [1.807, 2.05) is 24.3 Å². The summed E-state index contributed by atoms with van der Waals surface area (Å²) in [5, 5.41) is 13.9. The SMILES string of the molecule is Cc1nc(OCC(F)(F)F)nc(N[C@@H]2C[C@H](CO)[C@H]3OC(C)(C)O[C@H]32)c1-c1nc2ccccc2s1. The molecule has 1 saturated heterocycles. The van der Waals surface area contributed by atoms with Gasteiger partial charge in [0.25, 0.3) is 0 Å². The smallest absolute Gasteiger partial charge is 0.422 e. The van der Waals surface area contributed by atoms with E-state index in [-0.39, 0.29) is 36.8 Å². The van der Waals surface area contributed by atoms with E-state index < -0.39 is 18.6 Å². The minimum atomic E-state index is -4.52. The number of aromatic nitrogens is 3. The molecular formula is C23H25F3N4O4S. The molecule has 4 atom stereocenters. The van der Waals surface area contributed by atoms with Gasteiger partial charge in [0.05, 0.1) is 33.6 Å². The molecule has 1 aromatic carbocycles. The first-order valence-electron chi connectivity index (χ1n) is 11.2. The van der Waals surface area contributed by atoms with Crippen molar-refractivity contribution in [2.75, 3.05) is 18.5 Å². The average molecular weight is 511 g/mol. The first-order valence-corrected chi connectivity index (χ1v) is 12.0. The second kappa shape index (κ2) is 8.84. The third kappa shape index (κ3) is 4.92. The topological polar surface area (TPSA) is 98.6 Å². The highest BCUT2D eigenvalue weighted by atomic mass is 32.1. The van der Waals surface area contributed by atoms with Crippen molar-refractivity contribution in [2.24, 2.45) is 5.92 Å². The number of aliphatic hydroxyl groups excluding tert-OH is 1. The Kier molecular flexibility index (Phi) is 6.10. The van der Waals surface area contributed by atoms with Gasteiger partial charge >= 0.3 is 12.2 Å². The van der Waals surface area contributed by atoms with Gasteiger partial charge in [-0.05, 0) is 39.3 Å². The maximum Gasteiger partial charge on any atom is 0.422 e. The van der Waals surface area contributed by atoms with Crippen molar-refractivity contribution in [2.45, 2.75) is 57.4 Å². The molecule has 0 unspecified atom stereocenters. The highest BCUT2D eigenvalue weighted by Gasteiger charge is 2.54. The molecule has 5 rings (SSSR count). The molecule has 2 aromatic heterocycles. The van der Waals surface area contributed by atoms with Crippen molar-refractivity contribution in [1.29, 1.82) is 0 Å². The van der Waals surface area contributed by atoms with Crippen LogP contribution in [0.4, 0.5) is 19.0 Å². The van der Waals surface area contributed by atoms with Gasteiger partial charge in [0.1, 0.15) is 16.9 Å². The lowest BCUT2D eigenvalue weighted by Crippen LogP contribution is -2.35. The fourth-order valence-electron chi connectivity index (χ4n) is 4.68. The van der Waals surface area contributed by atoms with Crippen LogP contribution in [0.5, 0.6) is 6.01 Å². The molecule has 0 spiro atoms. The third-order valence-corrected chi connectivity index (χ3v) is 7.13. The summed E-state index contributed by atoms with van der Waals surface area (Å²) in [6.45, 7) is 3.72. The number of benzene rings is 1. The summed E-state index contributed by atoms with van der Waals surface area (Å²) in [6.07, 6.45) is -4.69. The quantitative estimate of drug-likeness (QED) is 0.506. The van der Waals surface area contributed by atoms with Gasteiger partial charge in [-0.15, -0.1) is 11.3 Å². The summed E-state index contributed by atoms with van der Waals surface area (Å²) < 4.78 is 56.3. The van der Waals surface area contributed by atoms with Gasteiger partial charge < -0.3 is 24.6 Å². The largest absolute Gasteiger partial charge is 0.454 e. The Bertz CT molecular complexity index is 1200. The van der Waals surface area contributed by atoms with Crippen LogP contribution in [-0.2, 0) is 9.47 Å². The van der Waals surface area contributed by atoms with E-state index in [4.69, 9.17) is 19.2 Å². The summed E-state index contributed by atoms with van der Waals surface area (Å²) >= 11 is 1.44. The van der Waals surface area contributed by atoms with Crippen LogP contribution in [0.15, 0.2) is 24.3 Å². The number of thiazole rings is 1. The fourth-order valence-corrected chi connectivity index (χ4v) is 5.74. The lowest BCUT2D eigenvalue weighted by atomic mass is 10.1. The van der Waals surface area contributed by atoms with Crippen molar-refractivity contribution in [1.82, 2.24) is 15.0 Å². The van der Waals surface area contributed by atoms with Crippen LogP contribution in [0, 0.1) is 12.8 Å². The Morgan fingerprint density at radius 2 is 1.91 bits per heavy atom. The zero-order valence-corrected chi connectivity index (χ0v) is 20.1. The number of aliphatic hydroxyl groups is 1. The van der Waals surface area contributed by atoms with Crippen LogP contribution in [-0.4, -0.2) is 63.5 Å². The first kappa shape index (κ1) is 24.2. The number of fused-ring (bicyclic) bond motifs is 2. The number of nitrogens with zero attached hydrogens (tertiary/aromatic N) is 3. The second-order valence-electron chi connectivity index (χ2n) is 9.20. The van der Waals surface area contributed by atoms with Gasteiger partial charge in [-0.2, -0.15) is 23.1 Å². The van der Waals surface area contributed by atoms with E-state index in [2.05, 4.69) is 15.3 Å². The molecule has 1 saturated carbocycles. The third-order valence-electron chi connectivity index (χ3n) is 6.08. The molecule has 2 N–H and O–H groups in total. The van der Waals surface area contributed by atoms with E-state index in [9.17, 15) is 18.3 Å². The minimum absolute atomic E-state index is 0.0771. The Hall–Kier alpha value is -2.54. The molecule has 2 aliphatic rings. The van der Waals surface area contributed by atoms with Gasteiger partial charge in [-0.25, -0.2) is 4.98 Å². The van der Waals surface area contributed by atoms with Crippen LogP contribution in [0.1, 0.15) is 26.0 Å². The van der Waals surface area contributed by atoms with Crippen LogP contribution >= 0.6 is 11.3 Å². The first-order chi connectivity index (χ1) is 16.5. The minimum Gasteiger partial charge on any atom is -0.454 e. The monoisotopic (exact) mass is 510 g/mol. The molecule has 188 valence electrons. The van der Waals surface area contributed by atoms with Crippen LogP contribution in [0.2, 0.25) is 0 Å². The molecule has 0 bridgehead atoms. The van der Waals surface area contributed by atoms with Crippen molar-refractivity contribution in [3.05, 3.63) is 30.0 Å². The zero-order chi connectivity index (χ0) is 25.0. The van der Waals surface area contributed by atoms with E-state index in [1.165, 1.54) is 11.3 Å². The molecule has 2 fully saturated rings. The summed E-state index contributed by atoms with van der Waals surface area (Å²) in [6, 6.07) is 6.93. The van der Waals surface area contributed by atoms with Gasteiger partial charge in [-0.1, -0.05) is 12.1 Å². The predicted molar refractivity (Wildman–Crippen MR) is 123 cm³/mol. The fraction of sp³-hybridized carbons (Fsp3) is 0.522. The molecule has 35 heavy (non-hydrogen) atoms. The van der Waals surface area contributed by atoms with Crippen LogP contribution in [0.25, 0.3) is 20.8 Å². The number of rotatable bonds is 6. The lowest BCUT2D eigenvalue weighted by Gasteiger charge is -2.24. The average Bonchev–Trinajstić information content (AvgIpc) is 3.42. The molecule has 1 aliphatic carbocycles. The van der Waals surface area contributed by atoms with Crippen LogP contribution in [0.3, 0.4) is 0 Å². The number of anilines is 1. The summed E-state index contributed by atoms with van der Waals surface area (Å²) in [5.74, 6) is -0.680. The van der Waals surface area contributed by atoms with Gasteiger partial charge in [0.15, 0.2) is 12.4 Å². The highest BCUT2D eigenvalue weighted by Crippen LogP contribution is 2.44. The molecule has 0 amide bonds. The number of alkyl halides is 3. The van der Waals surface area contributed by atoms with Crippen molar-refractivity contribution < 1.29 is 32.5 Å². The van der Waals surface area contributed by atoms with Crippen LogP contribution < -0.4 is 10.1 Å². The van der Waals surface area contributed by atoms with Crippen molar-refractivity contribution in [3.8, 4) is 16.6 Å². The number of para-hydroxylation sites is 1.